The number of aryl methyl sites for hydroxylation is 1. The van der Waals surface area contributed by atoms with Crippen molar-refractivity contribution in [3.8, 4) is 0 Å². The number of hydrogen-bond acceptors (Lipinski definition) is 3. The number of anilines is 1. The predicted octanol–water partition coefficient (Wildman–Crippen LogP) is 4.56. The third-order valence-electron chi connectivity index (χ3n) is 4.08. The number of pyridine rings is 1. The molecule has 1 fully saturated rings. The van der Waals surface area contributed by atoms with Gasteiger partial charge in [0.2, 0.25) is 0 Å². The van der Waals surface area contributed by atoms with Crippen LogP contribution in [0.1, 0.15) is 31.2 Å². The number of hydrogen-bond donors (Lipinski definition) is 1. The van der Waals surface area contributed by atoms with Crippen LogP contribution < -0.4 is 4.90 Å². The van der Waals surface area contributed by atoms with Crippen LogP contribution in [-0.2, 0) is 4.79 Å². The number of aromatic nitrogens is 1. The first-order chi connectivity index (χ1) is 11.8. The number of aliphatic carboxylic acids is 1. The van der Waals surface area contributed by atoms with Crippen molar-refractivity contribution >= 4 is 22.7 Å². The second-order valence-corrected chi connectivity index (χ2v) is 6.02. The highest BCUT2D eigenvalue weighted by molar-refractivity contribution is 5.83. The molecule has 2 heterocycles. The van der Waals surface area contributed by atoms with Crippen LogP contribution in [0.5, 0.6) is 0 Å². The predicted molar refractivity (Wildman–Crippen MR) is 90.9 cm³/mol. The minimum Gasteiger partial charge on any atom is -0.475 e. The van der Waals surface area contributed by atoms with Crippen molar-refractivity contribution in [3.05, 3.63) is 35.9 Å². The van der Waals surface area contributed by atoms with E-state index in [9.17, 15) is 13.2 Å². The van der Waals surface area contributed by atoms with Gasteiger partial charge in [0.15, 0.2) is 0 Å². The number of carboxylic acids is 1. The van der Waals surface area contributed by atoms with E-state index in [-0.39, 0.29) is 0 Å². The Bertz CT molecular complexity index is 724. The highest BCUT2D eigenvalue weighted by Crippen LogP contribution is 2.24. The highest BCUT2D eigenvalue weighted by atomic mass is 19.4. The Hall–Kier alpha value is -2.31. The Labute approximate surface area is 144 Å². The van der Waals surface area contributed by atoms with Crippen molar-refractivity contribution in [1.29, 1.82) is 0 Å². The normalized spacial score (nSPS) is 15.3. The van der Waals surface area contributed by atoms with Crippen molar-refractivity contribution in [2.24, 2.45) is 0 Å². The van der Waals surface area contributed by atoms with Crippen LogP contribution >= 0.6 is 0 Å². The van der Waals surface area contributed by atoms with Crippen LogP contribution in [0.2, 0.25) is 0 Å². The van der Waals surface area contributed by atoms with Crippen molar-refractivity contribution in [3.63, 3.8) is 0 Å². The Morgan fingerprint density at radius 1 is 1.12 bits per heavy atom. The molecule has 2 aromatic rings. The van der Waals surface area contributed by atoms with Gasteiger partial charge < -0.3 is 10.0 Å². The highest BCUT2D eigenvalue weighted by Gasteiger charge is 2.38. The Morgan fingerprint density at radius 3 is 2.24 bits per heavy atom. The summed E-state index contributed by atoms with van der Waals surface area (Å²) >= 11 is 0. The summed E-state index contributed by atoms with van der Waals surface area (Å²) < 4.78 is 31.7. The van der Waals surface area contributed by atoms with Crippen molar-refractivity contribution in [1.82, 2.24) is 4.98 Å². The Kier molecular flexibility index (Phi) is 6.22. The molecule has 1 aliphatic rings. The van der Waals surface area contributed by atoms with Crippen LogP contribution in [0, 0.1) is 6.92 Å². The van der Waals surface area contributed by atoms with E-state index < -0.39 is 12.1 Å². The van der Waals surface area contributed by atoms with Crippen LogP contribution in [0.15, 0.2) is 30.3 Å². The number of para-hydroxylation sites is 1. The van der Waals surface area contributed by atoms with Gasteiger partial charge in [-0.1, -0.05) is 31.0 Å². The average Bonchev–Trinajstić information content (AvgIpc) is 2.84. The molecule has 0 bridgehead atoms. The fraction of sp³-hybridized carbons (Fsp3) is 0.444. The first kappa shape index (κ1) is 19.0. The lowest BCUT2D eigenvalue weighted by Crippen LogP contribution is -2.24. The van der Waals surface area contributed by atoms with Gasteiger partial charge in [-0.05, 0) is 37.5 Å². The molecule has 25 heavy (non-hydrogen) atoms. The van der Waals surface area contributed by atoms with Gasteiger partial charge in [-0.2, -0.15) is 13.2 Å². The lowest BCUT2D eigenvalue weighted by Gasteiger charge is -2.22. The topological polar surface area (TPSA) is 53.4 Å². The maximum atomic E-state index is 10.6. The number of carboxylic acid groups (broad SMARTS) is 1. The van der Waals surface area contributed by atoms with Gasteiger partial charge in [0.25, 0.3) is 0 Å². The summed E-state index contributed by atoms with van der Waals surface area (Å²) in [6.07, 6.45) is 0.243. The zero-order valence-electron chi connectivity index (χ0n) is 14.0. The molecular weight excluding hydrogens is 333 g/mol. The maximum Gasteiger partial charge on any atom is 0.490 e. The molecule has 0 atom stereocenters. The Balaban J connectivity index is 0.000000277. The zero-order valence-corrected chi connectivity index (χ0v) is 14.0. The van der Waals surface area contributed by atoms with Gasteiger partial charge in [0.05, 0.1) is 5.52 Å². The third kappa shape index (κ3) is 5.34. The summed E-state index contributed by atoms with van der Waals surface area (Å²) in [4.78, 5) is 16.2. The summed E-state index contributed by atoms with van der Waals surface area (Å²) in [5.41, 5.74) is 2.46. The molecule has 0 aliphatic carbocycles. The average molecular weight is 354 g/mol. The molecule has 7 heteroatoms. The first-order valence-corrected chi connectivity index (χ1v) is 8.20. The molecule has 1 aliphatic heterocycles. The SMILES string of the molecule is Cc1cc(N2CCCCCC2)nc2ccccc12.O=C(O)C(F)(F)F. The summed E-state index contributed by atoms with van der Waals surface area (Å²) in [5, 5.41) is 8.40. The molecule has 0 spiro atoms. The quantitative estimate of drug-likeness (QED) is 0.816. The van der Waals surface area contributed by atoms with E-state index in [1.165, 1.54) is 36.6 Å². The van der Waals surface area contributed by atoms with E-state index in [2.05, 4.69) is 42.2 Å². The molecule has 0 radical (unpaired) electrons. The van der Waals surface area contributed by atoms with Crippen LogP contribution in [0.25, 0.3) is 10.9 Å². The van der Waals surface area contributed by atoms with Gasteiger partial charge >= 0.3 is 12.1 Å². The number of fused-ring (bicyclic) bond motifs is 1. The third-order valence-corrected chi connectivity index (χ3v) is 4.08. The molecule has 1 aromatic heterocycles. The molecule has 0 amide bonds. The van der Waals surface area contributed by atoms with E-state index >= 15 is 0 Å². The number of nitrogens with zero attached hydrogens (tertiary/aromatic N) is 2. The maximum absolute atomic E-state index is 10.6. The van der Waals surface area contributed by atoms with Crippen LogP contribution in [-0.4, -0.2) is 35.3 Å². The molecule has 1 aromatic carbocycles. The number of carbonyl (C=O) groups is 1. The number of rotatable bonds is 1. The Morgan fingerprint density at radius 2 is 1.68 bits per heavy atom. The summed E-state index contributed by atoms with van der Waals surface area (Å²) in [7, 11) is 0. The first-order valence-electron chi connectivity index (χ1n) is 8.20. The molecule has 0 unspecified atom stereocenters. The fourth-order valence-corrected chi connectivity index (χ4v) is 2.79. The molecule has 136 valence electrons. The molecular formula is C18H21F3N2O2. The van der Waals surface area contributed by atoms with Gasteiger partial charge in [-0.25, -0.2) is 9.78 Å². The number of alkyl halides is 3. The molecule has 0 saturated carbocycles. The monoisotopic (exact) mass is 354 g/mol. The van der Waals surface area contributed by atoms with Crippen LogP contribution in [0.3, 0.4) is 0 Å². The van der Waals surface area contributed by atoms with E-state index in [1.54, 1.807) is 0 Å². The largest absolute Gasteiger partial charge is 0.490 e. The van der Waals surface area contributed by atoms with E-state index in [0.717, 1.165) is 24.4 Å². The lowest BCUT2D eigenvalue weighted by atomic mass is 10.1. The smallest absolute Gasteiger partial charge is 0.475 e. The van der Waals surface area contributed by atoms with Gasteiger partial charge in [-0.15, -0.1) is 0 Å². The summed E-state index contributed by atoms with van der Waals surface area (Å²) in [6.45, 7) is 4.50. The van der Waals surface area contributed by atoms with Gasteiger partial charge in [0.1, 0.15) is 5.82 Å². The number of benzene rings is 1. The van der Waals surface area contributed by atoms with Gasteiger partial charge in [0, 0.05) is 18.5 Å². The second kappa shape index (κ2) is 8.18. The van der Waals surface area contributed by atoms with Crippen molar-refractivity contribution in [2.75, 3.05) is 18.0 Å². The van der Waals surface area contributed by atoms with Gasteiger partial charge in [-0.3, -0.25) is 0 Å². The van der Waals surface area contributed by atoms with Crippen LogP contribution in [0.4, 0.5) is 19.0 Å². The number of halogens is 3. The molecule has 1 N–H and O–H groups in total. The van der Waals surface area contributed by atoms with E-state index in [1.807, 2.05) is 0 Å². The molecule has 4 nitrogen and oxygen atoms in total. The summed E-state index contributed by atoms with van der Waals surface area (Å²) in [6, 6.07) is 10.7. The zero-order chi connectivity index (χ0) is 18.4. The van der Waals surface area contributed by atoms with Crippen molar-refractivity contribution < 1.29 is 23.1 Å². The van der Waals surface area contributed by atoms with Crippen molar-refractivity contribution in [2.45, 2.75) is 38.8 Å². The standard InChI is InChI=1S/C16H20N2.C2HF3O2/c1-13-12-16(18-10-6-2-3-7-11-18)17-15-9-5-4-8-14(13)15;3-2(4,5)1(6)7/h4-5,8-9,12H,2-3,6-7,10-11H2,1H3;(H,6,7). The lowest BCUT2D eigenvalue weighted by molar-refractivity contribution is -0.192. The second-order valence-electron chi connectivity index (χ2n) is 6.02. The fourth-order valence-electron chi connectivity index (χ4n) is 2.79. The van der Waals surface area contributed by atoms with E-state index in [4.69, 9.17) is 14.9 Å². The summed E-state index contributed by atoms with van der Waals surface area (Å²) in [5.74, 6) is -1.60. The minimum atomic E-state index is -5.08. The molecule has 1 saturated heterocycles. The van der Waals surface area contributed by atoms with E-state index in [0.29, 0.717) is 0 Å². The molecule has 3 rings (SSSR count). The minimum absolute atomic E-state index is 1.12.